The van der Waals surface area contributed by atoms with Gasteiger partial charge in [-0.15, -0.1) is 11.3 Å². The number of thiazole rings is 1. The highest BCUT2D eigenvalue weighted by Gasteiger charge is 2.54. The molecular formula is C22H27N3O2S. The second kappa shape index (κ2) is 7.66. The summed E-state index contributed by atoms with van der Waals surface area (Å²) in [5.41, 5.74) is 1.08. The summed E-state index contributed by atoms with van der Waals surface area (Å²) in [6, 6.07) is 7.65. The number of fused-ring (bicyclic) bond motifs is 1. The van der Waals surface area contributed by atoms with E-state index in [1.807, 2.05) is 34.5 Å². The molecule has 0 bridgehead atoms. The molecule has 1 aliphatic heterocycles. The van der Waals surface area contributed by atoms with Crippen molar-refractivity contribution in [2.24, 2.45) is 5.92 Å². The largest absolute Gasteiger partial charge is 0.332 e. The molecule has 1 aliphatic carbocycles. The average Bonchev–Trinajstić information content (AvgIpc) is 3.19. The van der Waals surface area contributed by atoms with E-state index in [-0.39, 0.29) is 17.7 Å². The van der Waals surface area contributed by atoms with Crippen molar-refractivity contribution in [1.82, 2.24) is 9.88 Å². The molecule has 5 nitrogen and oxygen atoms in total. The van der Waals surface area contributed by atoms with Crippen LogP contribution in [0.5, 0.6) is 0 Å². The Morgan fingerprint density at radius 3 is 2.71 bits per heavy atom. The SMILES string of the molecule is CC(C)CN1C(=O)c2ccccc2[C@H](C(=O)Nc2nccs2)C12CCCCC2. The summed E-state index contributed by atoms with van der Waals surface area (Å²) in [5.74, 6) is -0.00454. The van der Waals surface area contributed by atoms with Crippen LogP contribution in [0.4, 0.5) is 5.13 Å². The lowest BCUT2D eigenvalue weighted by atomic mass is 9.65. The molecule has 1 spiro atoms. The molecule has 1 aromatic heterocycles. The van der Waals surface area contributed by atoms with Crippen molar-refractivity contribution in [2.75, 3.05) is 11.9 Å². The van der Waals surface area contributed by atoms with Gasteiger partial charge in [-0.05, 0) is 30.4 Å². The first-order chi connectivity index (χ1) is 13.5. The third-order valence-electron chi connectivity index (χ3n) is 6.01. The first-order valence-corrected chi connectivity index (χ1v) is 11.0. The van der Waals surface area contributed by atoms with E-state index in [1.165, 1.54) is 11.3 Å². The molecule has 2 heterocycles. The van der Waals surface area contributed by atoms with Gasteiger partial charge in [-0.3, -0.25) is 9.59 Å². The Kier molecular flexibility index (Phi) is 5.23. The minimum Gasteiger partial charge on any atom is -0.332 e. The first kappa shape index (κ1) is 19.1. The predicted molar refractivity (Wildman–Crippen MR) is 112 cm³/mol. The summed E-state index contributed by atoms with van der Waals surface area (Å²) < 4.78 is 0. The van der Waals surface area contributed by atoms with Crippen LogP contribution >= 0.6 is 11.3 Å². The molecule has 6 heteroatoms. The number of amides is 2. The van der Waals surface area contributed by atoms with Crippen LogP contribution in [-0.4, -0.2) is 33.8 Å². The lowest BCUT2D eigenvalue weighted by Gasteiger charge is -2.54. The monoisotopic (exact) mass is 397 g/mol. The molecule has 0 unspecified atom stereocenters. The summed E-state index contributed by atoms with van der Waals surface area (Å²) in [5, 5.41) is 5.49. The number of benzene rings is 1. The van der Waals surface area contributed by atoms with Crippen LogP contribution in [0, 0.1) is 5.92 Å². The van der Waals surface area contributed by atoms with Gasteiger partial charge in [-0.25, -0.2) is 4.98 Å². The zero-order valence-electron chi connectivity index (χ0n) is 16.5. The summed E-state index contributed by atoms with van der Waals surface area (Å²) in [4.78, 5) is 33.3. The molecule has 2 amide bonds. The Balaban J connectivity index is 1.84. The van der Waals surface area contributed by atoms with E-state index in [1.54, 1.807) is 6.20 Å². The van der Waals surface area contributed by atoms with E-state index >= 15 is 0 Å². The third kappa shape index (κ3) is 3.24. The number of rotatable bonds is 4. The molecule has 1 aromatic carbocycles. The Labute approximate surface area is 170 Å². The van der Waals surface area contributed by atoms with Gasteiger partial charge in [0, 0.05) is 23.7 Å². The molecular weight excluding hydrogens is 370 g/mol. The summed E-state index contributed by atoms with van der Waals surface area (Å²) in [7, 11) is 0. The molecule has 148 valence electrons. The zero-order valence-corrected chi connectivity index (χ0v) is 17.3. The number of carbonyl (C=O) groups is 2. The number of nitrogens with zero attached hydrogens (tertiary/aromatic N) is 2. The van der Waals surface area contributed by atoms with Gasteiger partial charge in [-0.1, -0.05) is 51.3 Å². The summed E-state index contributed by atoms with van der Waals surface area (Å²) in [6.07, 6.45) is 6.69. The average molecular weight is 398 g/mol. The lowest BCUT2D eigenvalue weighted by Crippen LogP contribution is -2.62. The van der Waals surface area contributed by atoms with Gasteiger partial charge < -0.3 is 10.2 Å². The fourth-order valence-electron chi connectivity index (χ4n) is 4.94. The van der Waals surface area contributed by atoms with Gasteiger partial charge >= 0.3 is 0 Å². The molecule has 2 aromatic rings. The molecule has 1 N–H and O–H groups in total. The van der Waals surface area contributed by atoms with Crippen molar-refractivity contribution in [1.29, 1.82) is 0 Å². The minimum atomic E-state index is -0.449. The summed E-state index contributed by atoms with van der Waals surface area (Å²) in [6.45, 7) is 4.94. The summed E-state index contributed by atoms with van der Waals surface area (Å²) >= 11 is 1.42. The highest BCUT2D eigenvalue weighted by atomic mass is 32.1. The normalized spacial score (nSPS) is 21.0. The smallest absolute Gasteiger partial charge is 0.254 e. The number of carbonyl (C=O) groups excluding carboxylic acids is 2. The van der Waals surface area contributed by atoms with Crippen LogP contribution in [0.25, 0.3) is 0 Å². The molecule has 28 heavy (non-hydrogen) atoms. The molecule has 4 rings (SSSR count). The van der Waals surface area contributed by atoms with E-state index < -0.39 is 5.54 Å². The van der Waals surface area contributed by atoms with E-state index in [9.17, 15) is 9.59 Å². The van der Waals surface area contributed by atoms with Crippen molar-refractivity contribution in [3.05, 3.63) is 47.0 Å². The highest BCUT2D eigenvalue weighted by molar-refractivity contribution is 7.13. The van der Waals surface area contributed by atoms with Crippen molar-refractivity contribution in [3.8, 4) is 0 Å². The van der Waals surface area contributed by atoms with Crippen LogP contribution in [0.15, 0.2) is 35.8 Å². The minimum absolute atomic E-state index is 0.0504. The Bertz CT molecular complexity index is 856. The Morgan fingerprint density at radius 2 is 2.04 bits per heavy atom. The van der Waals surface area contributed by atoms with Crippen molar-refractivity contribution in [3.63, 3.8) is 0 Å². The fourth-order valence-corrected chi connectivity index (χ4v) is 5.47. The molecule has 1 fully saturated rings. The standard InChI is InChI=1S/C22H27N3O2S/c1-15(2)14-25-20(27)17-9-5-4-8-16(17)18(22(25)10-6-3-7-11-22)19(26)24-21-23-12-13-28-21/h4-5,8-9,12-13,15,18H,3,6-7,10-11,14H2,1-2H3,(H,23,24,26)/t18-/m1/s1. The van der Waals surface area contributed by atoms with E-state index in [0.29, 0.717) is 23.2 Å². The lowest BCUT2D eigenvalue weighted by molar-refractivity contribution is -0.122. The van der Waals surface area contributed by atoms with Crippen LogP contribution in [0.3, 0.4) is 0 Å². The van der Waals surface area contributed by atoms with Gasteiger partial charge in [0.2, 0.25) is 5.91 Å². The van der Waals surface area contributed by atoms with Crippen LogP contribution in [-0.2, 0) is 4.79 Å². The number of aromatic nitrogens is 1. The number of anilines is 1. The number of hydrogen-bond donors (Lipinski definition) is 1. The maximum atomic E-state index is 13.6. The predicted octanol–water partition coefficient (Wildman–Crippen LogP) is 4.68. The van der Waals surface area contributed by atoms with Crippen molar-refractivity contribution in [2.45, 2.75) is 57.4 Å². The highest BCUT2D eigenvalue weighted by Crippen LogP contribution is 2.49. The zero-order chi connectivity index (χ0) is 19.7. The van der Waals surface area contributed by atoms with E-state index in [4.69, 9.17) is 0 Å². The maximum Gasteiger partial charge on any atom is 0.254 e. The van der Waals surface area contributed by atoms with Gasteiger partial charge in [0.15, 0.2) is 5.13 Å². The van der Waals surface area contributed by atoms with Gasteiger partial charge in [-0.2, -0.15) is 0 Å². The molecule has 1 saturated carbocycles. The van der Waals surface area contributed by atoms with Crippen LogP contribution in [0.2, 0.25) is 0 Å². The van der Waals surface area contributed by atoms with Crippen molar-refractivity contribution >= 4 is 28.3 Å². The van der Waals surface area contributed by atoms with Gasteiger partial charge in [0.05, 0.1) is 11.5 Å². The van der Waals surface area contributed by atoms with Crippen LogP contribution in [0.1, 0.15) is 67.8 Å². The first-order valence-electron chi connectivity index (χ1n) is 10.1. The number of hydrogen-bond acceptors (Lipinski definition) is 4. The Hall–Kier alpha value is -2.21. The fraction of sp³-hybridized carbons (Fsp3) is 0.500. The van der Waals surface area contributed by atoms with Gasteiger partial charge in [0.25, 0.3) is 5.91 Å². The second-order valence-corrected chi connectivity index (χ2v) is 9.22. The number of nitrogens with one attached hydrogen (secondary N) is 1. The Morgan fingerprint density at radius 1 is 1.29 bits per heavy atom. The third-order valence-corrected chi connectivity index (χ3v) is 6.70. The topological polar surface area (TPSA) is 62.3 Å². The van der Waals surface area contributed by atoms with E-state index in [2.05, 4.69) is 24.1 Å². The molecule has 0 saturated heterocycles. The van der Waals surface area contributed by atoms with E-state index in [0.717, 1.165) is 37.7 Å². The van der Waals surface area contributed by atoms with Gasteiger partial charge in [0.1, 0.15) is 0 Å². The van der Waals surface area contributed by atoms with Crippen LogP contribution < -0.4 is 5.32 Å². The quantitative estimate of drug-likeness (QED) is 0.815. The maximum absolute atomic E-state index is 13.6. The molecule has 2 aliphatic rings. The van der Waals surface area contributed by atoms with Crippen molar-refractivity contribution < 1.29 is 9.59 Å². The molecule has 1 atom stereocenters. The molecule has 0 radical (unpaired) electrons. The second-order valence-electron chi connectivity index (χ2n) is 8.32.